The summed E-state index contributed by atoms with van der Waals surface area (Å²) in [6, 6.07) is -0.119. The second-order valence-corrected chi connectivity index (χ2v) is 2.20. The molecule has 0 rings (SSSR count). The minimum Gasteiger partial charge on any atom is -0.342 e. The van der Waals surface area contributed by atoms with E-state index in [9.17, 15) is 4.79 Å². The first-order chi connectivity index (χ1) is 4.72. The van der Waals surface area contributed by atoms with Crippen molar-refractivity contribution in [2.45, 2.75) is 19.4 Å². The van der Waals surface area contributed by atoms with Gasteiger partial charge in [0.05, 0.1) is 12.6 Å². The molecule has 3 nitrogen and oxygen atoms in total. The van der Waals surface area contributed by atoms with E-state index in [1.807, 2.05) is 6.92 Å². The van der Waals surface area contributed by atoms with E-state index in [2.05, 4.69) is 12.2 Å². The van der Waals surface area contributed by atoms with Crippen molar-refractivity contribution in [3.8, 4) is 0 Å². The Morgan fingerprint density at radius 3 is 2.64 bits per heavy atom. The van der Waals surface area contributed by atoms with Crippen LogP contribution in [0.4, 0.5) is 0 Å². The summed E-state index contributed by atoms with van der Waals surface area (Å²) < 4.78 is 0. The van der Waals surface area contributed by atoms with E-state index >= 15 is 0 Å². The van der Waals surface area contributed by atoms with Crippen LogP contribution in [0.5, 0.6) is 0 Å². The van der Waals surface area contributed by atoms with Crippen molar-refractivity contribution in [3.05, 3.63) is 6.92 Å². The van der Waals surface area contributed by atoms with Crippen molar-refractivity contribution in [2.24, 2.45) is 5.73 Å². The monoisotopic (exact) mass is 370 g/mol. The van der Waals surface area contributed by atoms with Crippen LogP contribution >= 0.6 is 0 Å². The zero-order valence-electron chi connectivity index (χ0n) is 6.97. The van der Waals surface area contributed by atoms with Crippen LogP contribution in [-0.2, 0) is 4.79 Å². The van der Waals surface area contributed by atoms with Gasteiger partial charge in [-0.3, -0.25) is 4.79 Å². The molecule has 1 radical (unpaired) electrons. The largest absolute Gasteiger partial charge is 0.342 e. The van der Waals surface area contributed by atoms with Crippen LogP contribution in [0.25, 0.3) is 0 Å². The van der Waals surface area contributed by atoms with E-state index in [1.165, 1.54) is 0 Å². The van der Waals surface area contributed by atoms with Gasteiger partial charge >= 0.3 is 0 Å². The molecule has 0 aliphatic heterocycles. The number of rotatable bonds is 5. The van der Waals surface area contributed by atoms with Crippen molar-refractivity contribution in [2.75, 3.05) is 13.1 Å². The Hall–Kier alpha value is 1.03. The van der Waals surface area contributed by atoms with Crippen molar-refractivity contribution < 1.29 is 48.9 Å². The maximum absolute atomic E-state index is 10.8. The molecule has 0 fully saturated rings. The van der Waals surface area contributed by atoms with Crippen LogP contribution in [0.2, 0.25) is 0 Å². The normalized spacial score (nSPS) is 11.9. The summed E-state index contributed by atoms with van der Waals surface area (Å²) in [5, 5.41) is 2.99. The van der Waals surface area contributed by atoms with E-state index < -0.39 is 0 Å². The van der Waals surface area contributed by atoms with Crippen LogP contribution < -0.4 is 11.1 Å². The topological polar surface area (TPSA) is 55.1 Å². The Morgan fingerprint density at radius 2 is 2.27 bits per heavy atom. The Labute approximate surface area is 104 Å². The first-order valence-electron chi connectivity index (χ1n) is 3.47. The van der Waals surface area contributed by atoms with E-state index in [0.29, 0.717) is 0 Å². The third-order valence-corrected chi connectivity index (χ3v) is 1.31. The van der Waals surface area contributed by atoms with Crippen LogP contribution in [0.1, 0.15) is 13.3 Å². The molecule has 11 heavy (non-hydrogen) atoms. The van der Waals surface area contributed by atoms with Crippen molar-refractivity contribution in [1.82, 2.24) is 5.32 Å². The molecule has 63 valence electrons. The molecular formula is C7H15AcN2O-. The first kappa shape index (κ1) is 14.5. The molecule has 0 aromatic rings. The number of Topliss-reactive ketones (excluding diaryl/α,β-unsaturated/α-hetero) is 1. The van der Waals surface area contributed by atoms with Gasteiger partial charge in [-0.05, 0) is 13.5 Å². The summed E-state index contributed by atoms with van der Waals surface area (Å²) in [5.41, 5.74) is 5.14. The van der Waals surface area contributed by atoms with Gasteiger partial charge in [-0.25, -0.2) is 0 Å². The quantitative estimate of drug-likeness (QED) is 0.655. The Bertz CT molecular complexity index is 109. The molecule has 0 aliphatic rings. The molecule has 0 heterocycles. The number of carbonyl (C=O) groups is 1. The van der Waals surface area contributed by atoms with Gasteiger partial charge in [0.2, 0.25) is 0 Å². The molecule has 0 spiro atoms. The number of nitrogens with one attached hydrogen (secondary N) is 1. The zero-order valence-corrected chi connectivity index (χ0v) is 11.7. The summed E-state index contributed by atoms with van der Waals surface area (Å²) in [6.45, 7) is 6.34. The van der Waals surface area contributed by atoms with Gasteiger partial charge in [0, 0.05) is 44.1 Å². The summed E-state index contributed by atoms with van der Waals surface area (Å²) in [5.74, 6) is 0.0495. The number of hydrogen-bond acceptors (Lipinski definition) is 3. The van der Waals surface area contributed by atoms with Crippen molar-refractivity contribution in [3.63, 3.8) is 0 Å². The predicted molar refractivity (Wildman–Crippen MR) is 41.5 cm³/mol. The summed E-state index contributed by atoms with van der Waals surface area (Å²) in [6.07, 6.45) is 0.794. The molecule has 1 atom stereocenters. The summed E-state index contributed by atoms with van der Waals surface area (Å²) in [7, 11) is 0. The molecule has 0 aliphatic carbocycles. The van der Waals surface area contributed by atoms with Gasteiger partial charge in [-0.2, -0.15) is 6.42 Å². The van der Waals surface area contributed by atoms with Crippen LogP contribution in [-0.4, -0.2) is 24.9 Å². The van der Waals surface area contributed by atoms with Gasteiger partial charge in [0.1, 0.15) is 0 Å². The van der Waals surface area contributed by atoms with Crippen LogP contribution in [0.3, 0.4) is 0 Å². The molecule has 0 amide bonds. The van der Waals surface area contributed by atoms with Crippen molar-refractivity contribution >= 4 is 5.78 Å². The van der Waals surface area contributed by atoms with Crippen LogP contribution in [0.15, 0.2) is 0 Å². The molecule has 0 saturated heterocycles. The van der Waals surface area contributed by atoms with E-state index in [0.717, 1.165) is 13.0 Å². The van der Waals surface area contributed by atoms with E-state index in [1.54, 1.807) is 0 Å². The van der Waals surface area contributed by atoms with E-state index in [-0.39, 0.29) is 62.4 Å². The fraction of sp³-hybridized carbons (Fsp3) is 0.714. The van der Waals surface area contributed by atoms with Crippen molar-refractivity contribution in [1.29, 1.82) is 0 Å². The molecule has 0 unspecified atom stereocenters. The second kappa shape index (κ2) is 9.12. The van der Waals surface area contributed by atoms with Gasteiger partial charge < -0.3 is 18.0 Å². The molecule has 3 N–H and O–H groups in total. The van der Waals surface area contributed by atoms with E-state index in [4.69, 9.17) is 5.73 Å². The number of nitrogens with two attached hydrogens (primary N) is 1. The fourth-order valence-electron chi connectivity index (χ4n) is 0.609. The molecule has 4 heteroatoms. The standard InChI is InChI=1S/C7H15N2O.Ac/c1-3-4-9-6(2)7(10)5-8;/h6,9H,1,3-5,8H2,2H3;/q-1;/t6-;/m0./s1. The smallest absolute Gasteiger partial charge is 0.162 e. The molecule has 0 aromatic carbocycles. The number of ketones is 1. The summed E-state index contributed by atoms with van der Waals surface area (Å²) in [4.78, 5) is 10.8. The van der Waals surface area contributed by atoms with Gasteiger partial charge in [-0.1, -0.05) is 0 Å². The van der Waals surface area contributed by atoms with Crippen LogP contribution in [0, 0.1) is 51.0 Å². The number of hydrogen-bond donors (Lipinski definition) is 2. The van der Waals surface area contributed by atoms with Gasteiger partial charge in [-0.15, -0.1) is 0 Å². The predicted octanol–water partition coefficient (Wildman–Crippen LogP) is -0.284. The molecule has 0 bridgehead atoms. The molecule has 0 saturated carbocycles. The third-order valence-electron chi connectivity index (χ3n) is 1.31. The fourth-order valence-corrected chi connectivity index (χ4v) is 0.609. The minimum atomic E-state index is -0.119. The maximum Gasteiger partial charge on any atom is 0.162 e. The Balaban J connectivity index is 0. The third kappa shape index (κ3) is 7.39. The average molecular weight is 370 g/mol. The average Bonchev–Trinajstić information content (AvgIpc) is 1.98. The zero-order chi connectivity index (χ0) is 7.98. The first-order valence-corrected chi connectivity index (χ1v) is 3.47. The second-order valence-electron chi connectivity index (χ2n) is 2.20. The minimum absolute atomic E-state index is 0. The molecular weight excluding hydrogens is 355 g/mol. The van der Waals surface area contributed by atoms with Gasteiger partial charge in [0.15, 0.2) is 5.78 Å². The number of carbonyl (C=O) groups excluding carboxylic acids is 1. The summed E-state index contributed by atoms with van der Waals surface area (Å²) >= 11 is 0. The Kier molecular flexibility index (Phi) is 12.1. The SMILES string of the molecule is [Ac].[CH2-]CCN[C@@H](C)C(=O)CN. The maximum atomic E-state index is 10.8. The Morgan fingerprint density at radius 1 is 1.73 bits per heavy atom. The van der Waals surface area contributed by atoms with Gasteiger partial charge in [0.25, 0.3) is 0 Å². The molecule has 0 aromatic heterocycles.